The van der Waals surface area contributed by atoms with Crippen LogP contribution in [0.3, 0.4) is 0 Å². The highest BCUT2D eigenvalue weighted by atomic mass is 16.5. The fourth-order valence-corrected chi connectivity index (χ4v) is 2.75. The van der Waals surface area contributed by atoms with Gasteiger partial charge in [-0.05, 0) is 17.7 Å². The van der Waals surface area contributed by atoms with Crippen LogP contribution in [0.15, 0.2) is 30.3 Å². The van der Waals surface area contributed by atoms with Crippen LogP contribution in [0.2, 0.25) is 0 Å². The summed E-state index contributed by atoms with van der Waals surface area (Å²) in [6.45, 7) is 0.0583. The Kier molecular flexibility index (Phi) is 4.11. The molecule has 0 fully saturated rings. The topological polar surface area (TPSA) is 99.4 Å². The summed E-state index contributed by atoms with van der Waals surface area (Å²) in [7, 11) is 0. The molecular weight excluding hydrogens is 312 g/mol. The van der Waals surface area contributed by atoms with E-state index in [9.17, 15) is 20.4 Å². The summed E-state index contributed by atoms with van der Waals surface area (Å²) in [6.07, 6.45) is 4.43. The first kappa shape index (κ1) is 15.8. The highest BCUT2D eigenvalue weighted by Crippen LogP contribution is 2.43. The molecule has 0 unspecified atom stereocenters. The van der Waals surface area contributed by atoms with E-state index in [0.717, 1.165) is 0 Å². The Labute approximate surface area is 138 Å². The summed E-state index contributed by atoms with van der Waals surface area (Å²) in [5, 5.41) is 38.8. The van der Waals surface area contributed by atoms with Crippen LogP contribution in [0.25, 0.3) is 0 Å². The summed E-state index contributed by atoms with van der Waals surface area (Å²) >= 11 is 0. The van der Waals surface area contributed by atoms with Crippen molar-refractivity contribution in [3.8, 4) is 41.1 Å². The lowest BCUT2D eigenvalue weighted by atomic mass is 9.93. The van der Waals surface area contributed by atoms with Gasteiger partial charge in [-0.15, -0.1) is 6.42 Å². The maximum absolute atomic E-state index is 10.0. The lowest BCUT2D eigenvalue weighted by molar-refractivity contribution is -0.0252. The quantitative estimate of drug-likeness (QED) is 0.509. The molecule has 0 aromatic heterocycles. The van der Waals surface area contributed by atoms with Crippen LogP contribution in [0.5, 0.6) is 28.7 Å². The molecule has 3 rings (SSSR count). The Morgan fingerprint density at radius 2 is 1.88 bits per heavy atom. The Hall–Kier alpha value is -3.04. The molecule has 0 bridgehead atoms. The molecule has 1 heterocycles. The molecule has 24 heavy (non-hydrogen) atoms. The van der Waals surface area contributed by atoms with Crippen molar-refractivity contribution in [3.05, 3.63) is 41.5 Å². The number of terminal acetylenes is 1. The molecule has 0 saturated carbocycles. The van der Waals surface area contributed by atoms with Crippen LogP contribution in [0.1, 0.15) is 17.2 Å². The van der Waals surface area contributed by atoms with Crippen molar-refractivity contribution in [1.82, 2.24) is 0 Å². The van der Waals surface area contributed by atoms with E-state index >= 15 is 0 Å². The number of hydrogen-bond acceptors (Lipinski definition) is 6. The minimum Gasteiger partial charge on any atom is -0.508 e. The van der Waals surface area contributed by atoms with E-state index in [0.29, 0.717) is 23.3 Å². The Morgan fingerprint density at radius 3 is 2.58 bits per heavy atom. The average molecular weight is 328 g/mol. The SMILES string of the molecule is C#CCO[C@@H]1Cc2c(O)cc(O)cc2O[C@@H]1c1ccc(O)c(O)c1. The molecule has 0 amide bonds. The van der Waals surface area contributed by atoms with E-state index < -0.39 is 12.2 Å². The molecule has 1 aliphatic rings. The van der Waals surface area contributed by atoms with Crippen LogP contribution in [-0.4, -0.2) is 33.1 Å². The van der Waals surface area contributed by atoms with Crippen molar-refractivity contribution < 1.29 is 29.9 Å². The van der Waals surface area contributed by atoms with Crippen molar-refractivity contribution in [2.24, 2.45) is 0 Å². The van der Waals surface area contributed by atoms with Crippen LogP contribution in [0, 0.1) is 12.3 Å². The third kappa shape index (κ3) is 2.90. The summed E-state index contributed by atoms with van der Waals surface area (Å²) in [4.78, 5) is 0. The maximum atomic E-state index is 10.0. The molecule has 0 saturated heterocycles. The molecule has 6 heteroatoms. The largest absolute Gasteiger partial charge is 0.508 e. The van der Waals surface area contributed by atoms with Gasteiger partial charge in [-0.2, -0.15) is 0 Å². The summed E-state index contributed by atoms with van der Waals surface area (Å²) < 4.78 is 11.5. The molecule has 4 N–H and O–H groups in total. The first-order chi connectivity index (χ1) is 11.5. The van der Waals surface area contributed by atoms with Crippen molar-refractivity contribution >= 4 is 0 Å². The second-order valence-electron chi connectivity index (χ2n) is 5.49. The van der Waals surface area contributed by atoms with Gasteiger partial charge in [0.25, 0.3) is 0 Å². The normalized spacial score (nSPS) is 19.1. The van der Waals surface area contributed by atoms with Crippen LogP contribution < -0.4 is 4.74 Å². The molecule has 2 atom stereocenters. The second-order valence-corrected chi connectivity index (χ2v) is 5.49. The van der Waals surface area contributed by atoms with Gasteiger partial charge in [0.2, 0.25) is 0 Å². The first-order valence-corrected chi connectivity index (χ1v) is 7.28. The molecule has 6 nitrogen and oxygen atoms in total. The van der Waals surface area contributed by atoms with E-state index in [1.807, 2.05) is 0 Å². The zero-order chi connectivity index (χ0) is 17.3. The Bertz CT molecular complexity index is 808. The fourth-order valence-electron chi connectivity index (χ4n) is 2.75. The second kappa shape index (κ2) is 6.22. The van der Waals surface area contributed by atoms with Crippen molar-refractivity contribution in [1.29, 1.82) is 0 Å². The smallest absolute Gasteiger partial charge is 0.157 e. The van der Waals surface area contributed by atoms with Crippen molar-refractivity contribution in [2.45, 2.75) is 18.6 Å². The van der Waals surface area contributed by atoms with Crippen molar-refractivity contribution in [3.63, 3.8) is 0 Å². The van der Waals surface area contributed by atoms with Crippen LogP contribution >= 0.6 is 0 Å². The van der Waals surface area contributed by atoms with E-state index in [1.165, 1.54) is 24.3 Å². The third-order valence-electron chi connectivity index (χ3n) is 3.88. The number of rotatable bonds is 3. The van der Waals surface area contributed by atoms with E-state index in [1.54, 1.807) is 6.07 Å². The highest BCUT2D eigenvalue weighted by molar-refractivity contribution is 5.52. The first-order valence-electron chi connectivity index (χ1n) is 7.28. The summed E-state index contributed by atoms with van der Waals surface area (Å²) in [5.74, 6) is 1.97. The molecule has 0 spiro atoms. The number of phenolic OH excluding ortho intramolecular Hbond substituents is 4. The Morgan fingerprint density at radius 1 is 1.08 bits per heavy atom. The van der Waals surface area contributed by atoms with Gasteiger partial charge in [-0.1, -0.05) is 12.0 Å². The number of phenols is 4. The summed E-state index contributed by atoms with van der Waals surface area (Å²) in [6, 6.07) is 6.95. The van der Waals surface area contributed by atoms with E-state index in [-0.39, 0.29) is 29.6 Å². The zero-order valence-corrected chi connectivity index (χ0v) is 12.6. The minimum absolute atomic E-state index is 0.0583. The van der Waals surface area contributed by atoms with E-state index in [2.05, 4.69) is 5.92 Å². The van der Waals surface area contributed by atoms with Gasteiger partial charge in [-0.25, -0.2) is 0 Å². The molecule has 0 aliphatic carbocycles. The maximum Gasteiger partial charge on any atom is 0.157 e. The Balaban J connectivity index is 2.01. The molecule has 0 radical (unpaired) electrons. The lowest BCUT2D eigenvalue weighted by Gasteiger charge is -2.34. The van der Waals surface area contributed by atoms with Crippen molar-refractivity contribution in [2.75, 3.05) is 6.61 Å². The number of fused-ring (bicyclic) bond motifs is 1. The number of aromatic hydroxyl groups is 4. The van der Waals surface area contributed by atoms with E-state index in [4.69, 9.17) is 15.9 Å². The van der Waals surface area contributed by atoms with Crippen LogP contribution in [0.4, 0.5) is 0 Å². The van der Waals surface area contributed by atoms with Crippen LogP contribution in [-0.2, 0) is 11.2 Å². The predicted octanol–water partition coefficient (Wildman–Crippen LogP) is 2.20. The molecule has 124 valence electrons. The van der Waals surface area contributed by atoms with Gasteiger partial charge in [0, 0.05) is 24.1 Å². The lowest BCUT2D eigenvalue weighted by Crippen LogP contribution is -2.33. The van der Waals surface area contributed by atoms with Gasteiger partial charge < -0.3 is 29.9 Å². The molecular formula is C18H16O6. The monoisotopic (exact) mass is 328 g/mol. The predicted molar refractivity (Wildman–Crippen MR) is 85.2 cm³/mol. The highest BCUT2D eigenvalue weighted by Gasteiger charge is 2.34. The van der Waals surface area contributed by atoms with Gasteiger partial charge in [0.05, 0.1) is 0 Å². The fraction of sp³-hybridized carbons (Fsp3) is 0.222. The number of ether oxygens (including phenoxy) is 2. The third-order valence-corrected chi connectivity index (χ3v) is 3.88. The number of benzene rings is 2. The minimum atomic E-state index is -0.626. The van der Waals surface area contributed by atoms with Gasteiger partial charge >= 0.3 is 0 Å². The van der Waals surface area contributed by atoms with Gasteiger partial charge in [0.15, 0.2) is 17.6 Å². The molecule has 2 aromatic rings. The number of hydrogen-bond donors (Lipinski definition) is 4. The zero-order valence-electron chi connectivity index (χ0n) is 12.6. The molecule has 2 aromatic carbocycles. The molecule has 1 aliphatic heterocycles. The average Bonchev–Trinajstić information content (AvgIpc) is 2.55. The standard InChI is InChI=1S/C18H16O6/c1-2-5-23-17-9-12-14(21)7-11(19)8-16(12)24-18(17)10-3-4-13(20)15(22)6-10/h1,3-4,6-8,17-22H,5,9H2/t17-,18-/m1/s1. The van der Waals surface area contributed by atoms with Gasteiger partial charge in [-0.3, -0.25) is 0 Å². The van der Waals surface area contributed by atoms with Gasteiger partial charge in [0.1, 0.15) is 30.0 Å². The summed E-state index contributed by atoms with van der Waals surface area (Å²) in [5.41, 5.74) is 1.08.